The molecule has 0 fully saturated rings. The molecule has 0 aliphatic rings. The van der Waals surface area contributed by atoms with Crippen LogP contribution in [-0.4, -0.2) is 18.1 Å². The number of aromatic nitrogens is 1. The second kappa shape index (κ2) is 5.49. The zero-order valence-corrected chi connectivity index (χ0v) is 10.2. The average Bonchev–Trinajstić information content (AvgIpc) is 2.29. The summed E-state index contributed by atoms with van der Waals surface area (Å²) in [4.78, 5) is 3.93. The van der Waals surface area contributed by atoms with Gasteiger partial charge in [-0.2, -0.15) is 13.2 Å². The van der Waals surface area contributed by atoms with Crippen LogP contribution in [-0.2, 0) is 6.18 Å². The number of nitrogens with zero attached hydrogens (tertiary/aromatic N) is 1. The van der Waals surface area contributed by atoms with Crippen LogP contribution in [0.4, 0.5) is 13.2 Å². The predicted molar refractivity (Wildman–Crippen MR) is 60.8 cm³/mol. The summed E-state index contributed by atoms with van der Waals surface area (Å²) in [5.41, 5.74) is -0.502. The molecule has 1 aromatic heterocycles. The molecule has 96 valence electrons. The number of hydrogen-bond acceptors (Lipinski definition) is 2. The Bertz CT molecular complexity index is 363. The zero-order valence-electron chi connectivity index (χ0n) is 10.2. The predicted octanol–water partition coefficient (Wildman–Crippen LogP) is 3.20. The number of halogens is 3. The summed E-state index contributed by atoms with van der Waals surface area (Å²) in [5, 5.41) is 2.99. The van der Waals surface area contributed by atoms with Crippen molar-refractivity contribution in [1.82, 2.24) is 10.3 Å². The molecule has 2 nitrogen and oxygen atoms in total. The Labute approximate surface area is 99.3 Å². The van der Waals surface area contributed by atoms with Gasteiger partial charge in [0.1, 0.15) is 0 Å². The second-order valence-electron chi connectivity index (χ2n) is 4.03. The van der Waals surface area contributed by atoms with Crippen LogP contribution >= 0.6 is 0 Å². The molecule has 0 radical (unpaired) electrons. The van der Waals surface area contributed by atoms with E-state index in [1.807, 2.05) is 13.8 Å². The van der Waals surface area contributed by atoms with Gasteiger partial charge in [-0.3, -0.25) is 4.98 Å². The summed E-state index contributed by atoms with van der Waals surface area (Å²) in [5.74, 6) is -0.238. The van der Waals surface area contributed by atoms with Crippen LogP contribution in [0.5, 0.6) is 0 Å². The van der Waals surface area contributed by atoms with Crippen LogP contribution in [0.15, 0.2) is 18.3 Å². The molecule has 1 heterocycles. The Morgan fingerprint density at radius 2 is 2.06 bits per heavy atom. The molecule has 1 aromatic rings. The van der Waals surface area contributed by atoms with Crippen molar-refractivity contribution in [2.24, 2.45) is 0 Å². The van der Waals surface area contributed by atoms with E-state index in [9.17, 15) is 13.2 Å². The lowest BCUT2D eigenvalue weighted by Gasteiger charge is -2.24. The number of alkyl halides is 3. The molecule has 0 amide bonds. The fraction of sp³-hybridized carbons (Fsp3) is 0.583. The largest absolute Gasteiger partial charge is 0.418 e. The van der Waals surface area contributed by atoms with Gasteiger partial charge in [-0.1, -0.05) is 6.92 Å². The molecule has 0 aliphatic heterocycles. The molecule has 0 aromatic carbocycles. The molecule has 17 heavy (non-hydrogen) atoms. The first-order chi connectivity index (χ1) is 7.91. The molecule has 0 bridgehead atoms. The van der Waals surface area contributed by atoms with E-state index in [2.05, 4.69) is 10.3 Å². The van der Waals surface area contributed by atoms with Crippen LogP contribution in [0, 0.1) is 0 Å². The topological polar surface area (TPSA) is 24.9 Å². The van der Waals surface area contributed by atoms with Gasteiger partial charge in [-0.25, -0.2) is 0 Å². The minimum atomic E-state index is -4.34. The number of pyridine rings is 1. The fourth-order valence-electron chi connectivity index (χ4n) is 1.94. The highest BCUT2D eigenvalue weighted by molar-refractivity contribution is 5.27. The van der Waals surface area contributed by atoms with Crippen molar-refractivity contribution in [3.05, 3.63) is 29.6 Å². The lowest BCUT2D eigenvalue weighted by Crippen LogP contribution is -2.30. The normalized spacial score (nSPS) is 15.6. The highest BCUT2D eigenvalue weighted by Gasteiger charge is 2.36. The maximum Gasteiger partial charge on any atom is 0.418 e. The molecule has 2 atom stereocenters. The first kappa shape index (κ1) is 14.0. The quantitative estimate of drug-likeness (QED) is 0.882. The molecular weight excluding hydrogens is 229 g/mol. The molecular formula is C12H17F3N2. The van der Waals surface area contributed by atoms with E-state index in [-0.39, 0.29) is 17.7 Å². The average molecular weight is 246 g/mol. The summed E-state index contributed by atoms with van der Waals surface area (Å²) < 4.78 is 38.6. The Morgan fingerprint density at radius 3 is 2.53 bits per heavy atom. The monoisotopic (exact) mass is 246 g/mol. The molecule has 1 N–H and O–H groups in total. The summed E-state index contributed by atoms with van der Waals surface area (Å²) in [6.07, 6.45) is -2.32. The van der Waals surface area contributed by atoms with Gasteiger partial charge in [-0.05, 0) is 32.5 Å². The summed E-state index contributed by atoms with van der Waals surface area (Å²) >= 11 is 0. The van der Waals surface area contributed by atoms with Gasteiger partial charge in [0.25, 0.3) is 0 Å². The first-order valence-electron chi connectivity index (χ1n) is 5.61. The molecule has 0 saturated heterocycles. The molecule has 0 spiro atoms. The molecule has 1 rings (SSSR count). The Hall–Kier alpha value is -1.10. The third-order valence-corrected chi connectivity index (χ3v) is 2.99. The van der Waals surface area contributed by atoms with Crippen LogP contribution < -0.4 is 5.32 Å². The third-order valence-electron chi connectivity index (χ3n) is 2.99. The van der Waals surface area contributed by atoms with E-state index in [0.717, 1.165) is 6.07 Å². The van der Waals surface area contributed by atoms with Gasteiger partial charge in [0.2, 0.25) is 0 Å². The molecule has 5 heteroatoms. The smallest absolute Gasteiger partial charge is 0.317 e. The van der Waals surface area contributed by atoms with Crippen LogP contribution in [0.1, 0.15) is 37.4 Å². The second-order valence-corrected chi connectivity index (χ2v) is 4.03. The van der Waals surface area contributed by atoms with Gasteiger partial charge < -0.3 is 5.32 Å². The van der Waals surface area contributed by atoms with E-state index >= 15 is 0 Å². The maximum absolute atomic E-state index is 12.9. The number of likely N-dealkylation sites (N-methyl/N-ethyl adjacent to an activating group) is 1. The van der Waals surface area contributed by atoms with Gasteiger partial charge in [0, 0.05) is 18.2 Å². The molecule has 0 aliphatic carbocycles. The highest BCUT2D eigenvalue weighted by atomic mass is 19.4. The first-order valence-corrected chi connectivity index (χ1v) is 5.61. The lowest BCUT2D eigenvalue weighted by atomic mass is 9.91. The number of rotatable bonds is 4. The van der Waals surface area contributed by atoms with Gasteiger partial charge in [0.15, 0.2) is 0 Å². The van der Waals surface area contributed by atoms with Crippen molar-refractivity contribution in [2.75, 3.05) is 7.05 Å². The van der Waals surface area contributed by atoms with Crippen molar-refractivity contribution < 1.29 is 13.2 Å². The van der Waals surface area contributed by atoms with Crippen LogP contribution in [0.25, 0.3) is 0 Å². The Balaban J connectivity index is 3.20. The SMILES string of the molecule is CCC(c1ncccc1C(F)(F)F)C(C)NC. The van der Waals surface area contributed by atoms with Gasteiger partial charge in [-0.15, -0.1) is 0 Å². The summed E-state index contributed by atoms with van der Waals surface area (Å²) in [6.45, 7) is 3.73. The van der Waals surface area contributed by atoms with Crippen molar-refractivity contribution in [2.45, 2.75) is 38.4 Å². The summed E-state index contributed by atoms with van der Waals surface area (Å²) in [6, 6.07) is 2.37. The lowest BCUT2D eigenvalue weighted by molar-refractivity contribution is -0.138. The van der Waals surface area contributed by atoms with Gasteiger partial charge >= 0.3 is 6.18 Å². The standard InChI is InChI=1S/C12H17F3N2/c1-4-9(8(2)16-3)11-10(12(13,14)15)6-5-7-17-11/h5-9,16H,4H2,1-3H3. The van der Waals surface area contributed by atoms with Crippen molar-refractivity contribution in [1.29, 1.82) is 0 Å². The minimum Gasteiger partial charge on any atom is -0.317 e. The van der Waals surface area contributed by atoms with E-state index in [1.54, 1.807) is 7.05 Å². The van der Waals surface area contributed by atoms with E-state index in [1.165, 1.54) is 12.3 Å². The minimum absolute atomic E-state index is 0.0454. The van der Waals surface area contributed by atoms with E-state index in [0.29, 0.717) is 6.42 Å². The van der Waals surface area contributed by atoms with Crippen LogP contribution in [0.2, 0.25) is 0 Å². The number of hydrogen-bond donors (Lipinski definition) is 1. The van der Waals surface area contributed by atoms with Crippen molar-refractivity contribution >= 4 is 0 Å². The van der Waals surface area contributed by atoms with Crippen molar-refractivity contribution in [3.63, 3.8) is 0 Å². The van der Waals surface area contributed by atoms with Gasteiger partial charge in [0.05, 0.1) is 11.3 Å². The Kier molecular flexibility index (Phi) is 4.51. The van der Waals surface area contributed by atoms with Crippen molar-refractivity contribution in [3.8, 4) is 0 Å². The third kappa shape index (κ3) is 3.19. The van der Waals surface area contributed by atoms with E-state index < -0.39 is 11.7 Å². The summed E-state index contributed by atoms with van der Waals surface area (Å²) in [7, 11) is 1.74. The fourth-order valence-corrected chi connectivity index (χ4v) is 1.94. The molecule has 0 saturated carbocycles. The van der Waals surface area contributed by atoms with E-state index in [4.69, 9.17) is 0 Å². The highest BCUT2D eigenvalue weighted by Crippen LogP contribution is 2.35. The van der Waals surface area contributed by atoms with Crippen LogP contribution in [0.3, 0.4) is 0 Å². The maximum atomic E-state index is 12.9. The number of nitrogens with one attached hydrogen (secondary N) is 1. The zero-order chi connectivity index (χ0) is 13.1. The molecule has 2 unspecified atom stereocenters. The Morgan fingerprint density at radius 1 is 1.41 bits per heavy atom.